The van der Waals surface area contributed by atoms with Crippen LogP contribution < -0.4 is 11.5 Å². The summed E-state index contributed by atoms with van der Waals surface area (Å²) in [6.07, 6.45) is 0. The molecule has 29 heavy (non-hydrogen) atoms. The van der Waals surface area contributed by atoms with E-state index in [1.54, 1.807) is 30.3 Å². The lowest BCUT2D eigenvalue weighted by atomic mass is 9.95. The van der Waals surface area contributed by atoms with Gasteiger partial charge >= 0.3 is 0 Å². The molecule has 1 aliphatic rings. The highest BCUT2D eigenvalue weighted by Gasteiger charge is 2.35. The van der Waals surface area contributed by atoms with Crippen LogP contribution in [0.5, 0.6) is 5.75 Å². The number of aromatic hydroxyl groups is 1. The van der Waals surface area contributed by atoms with Gasteiger partial charge in [-0.1, -0.05) is 34.1 Å². The van der Waals surface area contributed by atoms with Gasteiger partial charge in [0.05, 0.1) is 16.8 Å². The third-order valence-electron chi connectivity index (χ3n) is 5.12. The molecule has 1 aliphatic heterocycles. The largest absolute Gasteiger partial charge is 0.507 e. The van der Waals surface area contributed by atoms with E-state index in [9.17, 15) is 15.2 Å². The molecule has 8 heteroatoms. The Bertz CT molecular complexity index is 1430. The third kappa shape index (κ3) is 2.16. The molecule has 2 aromatic carbocycles. The van der Waals surface area contributed by atoms with Crippen molar-refractivity contribution >= 4 is 44.4 Å². The number of nitriles is 1. The quantitative estimate of drug-likeness (QED) is 0.358. The number of nitrogen functional groups attached to an aromatic ring is 2. The lowest BCUT2D eigenvalue weighted by molar-refractivity contribution is 0.0973. The lowest BCUT2D eigenvalue weighted by Gasteiger charge is -2.10. The Balaban J connectivity index is 2.07. The van der Waals surface area contributed by atoms with E-state index in [1.165, 1.54) is 4.57 Å². The summed E-state index contributed by atoms with van der Waals surface area (Å²) in [5.41, 5.74) is 15.4. The summed E-state index contributed by atoms with van der Waals surface area (Å²) in [6.45, 7) is 0. The van der Waals surface area contributed by atoms with Crippen LogP contribution in [-0.4, -0.2) is 20.6 Å². The SMILES string of the molecule is N#Cc1c(N)nc2c(c1N)c(-c1cc(Br)ccc1O)c1n2C(=O)c2ccccc2-1. The highest BCUT2D eigenvalue weighted by Crippen LogP contribution is 2.50. The second-order valence-corrected chi connectivity index (χ2v) is 7.58. The van der Waals surface area contributed by atoms with E-state index in [1.807, 2.05) is 18.2 Å². The lowest BCUT2D eigenvalue weighted by Crippen LogP contribution is -2.09. The second kappa shape index (κ2) is 5.83. The van der Waals surface area contributed by atoms with Crippen molar-refractivity contribution in [2.45, 2.75) is 0 Å². The number of carbonyl (C=O) groups is 1. The van der Waals surface area contributed by atoms with E-state index >= 15 is 0 Å². The van der Waals surface area contributed by atoms with Gasteiger partial charge in [-0.2, -0.15) is 5.26 Å². The van der Waals surface area contributed by atoms with E-state index in [-0.39, 0.29) is 34.4 Å². The summed E-state index contributed by atoms with van der Waals surface area (Å²) in [6, 6.07) is 14.1. The van der Waals surface area contributed by atoms with Crippen LogP contribution in [0.3, 0.4) is 0 Å². The minimum atomic E-state index is -0.266. The minimum absolute atomic E-state index is 0.00932. The topological polar surface area (TPSA) is 131 Å². The van der Waals surface area contributed by atoms with Gasteiger partial charge < -0.3 is 16.6 Å². The van der Waals surface area contributed by atoms with Crippen LogP contribution >= 0.6 is 15.9 Å². The van der Waals surface area contributed by atoms with Crippen molar-refractivity contribution in [3.05, 3.63) is 58.1 Å². The molecule has 7 nitrogen and oxygen atoms in total. The monoisotopic (exact) mass is 445 g/mol. The van der Waals surface area contributed by atoms with Crippen LogP contribution in [0.15, 0.2) is 46.9 Å². The molecule has 0 unspecified atom stereocenters. The van der Waals surface area contributed by atoms with E-state index < -0.39 is 0 Å². The Morgan fingerprint density at radius 3 is 2.55 bits per heavy atom. The van der Waals surface area contributed by atoms with Crippen molar-refractivity contribution in [2.75, 3.05) is 11.5 Å². The van der Waals surface area contributed by atoms with E-state index in [0.29, 0.717) is 33.3 Å². The Kier molecular flexibility index (Phi) is 3.48. The molecule has 0 aliphatic carbocycles. The molecule has 0 bridgehead atoms. The van der Waals surface area contributed by atoms with E-state index in [0.717, 1.165) is 4.47 Å². The molecule has 2 aromatic heterocycles. The Labute approximate surface area is 172 Å². The van der Waals surface area contributed by atoms with Crippen molar-refractivity contribution in [1.82, 2.24) is 9.55 Å². The number of hydrogen-bond donors (Lipinski definition) is 3. The zero-order valence-electron chi connectivity index (χ0n) is 14.8. The smallest absolute Gasteiger partial charge is 0.264 e. The van der Waals surface area contributed by atoms with Crippen LogP contribution in [0.1, 0.15) is 15.9 Å². The highest BCUT2D eigenvalue weighted by molar-refractivity contribution is 9.10. The Hall–Kier alpha value is -3.83. The molecule has 5 N–H and O–H groups in total. The fraction of sp³-hybridized carbons (Fsp3) is 0. The van der Waals surface area contributed by atoms with Gasteiger partial charge in [0.15, 0.2) is 5.65 Å². The second-order valence-electron chi connectivity index (χ2n) is 6.67. The molecule has 3 heterocycles. The summed E-state index contributed by atoms with van der Waals surface area (Å²) < 4.78 is 2.18. The van der Waals surface area contributed by atoms with E-state index in [2.05, 4.69) is 20.9 Å². The van der Waals surface area contributed by atoms with Gasteiger partial charge in [0.25, 0.3) is 5.91 Å². The summed E-state index contributed by atoms with van der Waals surface area (Å²) in [7, 11) is 0. The first-order chi connectivity index (χ1) is 13.9. The molecule has 4 aromatic rings. The fourth-order valence-electron chi connectivity index (χ4n) is 3.89. The molecule has 0 spiro atoms. The van der Waals surface area contributed by atoms with Crippen LogP contribution in [0.4, 0.5) is 11.5 Å². The zero-order chi connectivity index (χ0) is 20.4. The molecule has 0 fully saturated rings. The number of pyridine rings is 1. The summed E-state index contributed by atoms with van der Waals surface area (Å²) in [5.74, 6) is -0.307. The average Bonchev–Trinajstić information content (AvgIpc) is 3.18. The average molecular weight is 446 g/mol. The van der Waals surface area contributed by atoms with Crippen molar-refractivity contribution in [3.8, 4) is 34.2 Å². The first-order valence-corrected chi connectivity index (χ1v) is 9.39. The van der Waals surface area contributed by atoms with Crippen molar-refractivity contribution in [2.24, 2.45) is 0 Å². The molecular weight excluding hydrogens is 434 g/mol. The Morgan fingerprint density at radius 1 is 1.10 bits per heavy atom. The molecule has 0 amide bonds. The standard InChI is InChI=1S/C21H12BrN5O2/c22-9-5-6-14(28)12(7-9)15-16-17(24)13(8-23)19(25)26-20(16)27-18(15)10-3-1-2-4-11(10)21(27)29/h1-7,28H,(H4,24,25,26). The molecular formula is C21H12BrN5O2. The molecule has 5 rings (SSSR count). The molecule has 0 atom stereocenters. The number of nitrogens with two attached hydrogens (primary N) is 2. The van der Waals surface area contributed by atoms with Gasteiger partial charge in [-0.05, 0) is 24.3 Å². The van der Waals surface area contributed by atoms with Gasteiger partial charge in [0.1, 0.15) is 23.2 Å². The molecule has 0 radical (unpaired) electrons. The number of halogens is 1. The van der Waals surface area contributed by atoms with Crippen molar-refractivity contribution in [1.29, 1.82) is 5.26 Å². The van der Waals surface area contributed by atoms with Gasteiger partial charge in [-0.15, -0.1) is 0 Å². The number of benzene rings is 2. The number of carbonyl (C=O) groups excluding carboxylic acids is 1. The molecule has 140 valence electrons. The van der Waals surface area contributed by atoms with Gasteiger partial charge in [-0.3, -0.25) is 9.36 Å². The number of rotatable bonds is 1. The van der Waals surface area contributed by atoms with Crippen LogP contribution in [0.2, 0.25) is 0 Å². The van der Waals surface area contributed by atoms with Crippen LogP contribution in [-0.2, 0) is 0 Å². The predicted molar refractivity (Wildman–Crippen MR) is 113 cm³/mol. The number of anilines is 2. The third-order valence-corrected chi connectivity index (χ3v) is 5.62. The maximum Gasteiger partial charge on any atom is 0.264 e. The predicted octanol–water partition coefficient (Wildman–Crippen LogP) is 3.88. The highest BCUT2D eigenvalue weighted by atomic mass is 79.9. The maximum atomic E-state index is 13.2. The Morgan fingerprint density at radius 2 is 1.83 bits per heavy atom. The van der Waals surface area contributed by atoms with Gasteiger partial charge in [0, 0.05) is 26.7 Å². The number of phenols is 1. The molecule has 0 saturated carbocycles. The summed E-state index contributed by atoms with van der Waals surface area (Å²) in [4.78, 5) is 17.5. The number of fused-ring (bicyclic) bond motifs is 5. The van der Waals surface area contributed by atoms with Crippen molar-refractivity contribution in [3.63, 3.8) is 0 Å². The molecule has 0 saturated heterocycles. The van der Waals surface area contributed by atoms with E-state index in [4.69, 9.17) is 11.5 Å². The van der Waals surface area contributed by atoms with Crippen LogP contribution in [0, 0.1) is 11.3 Å². The fourth-order valence-corrected chi connectivity index (χ4v) is 4.25. The van der Waals surface area contributed by atoms with Gasteiger partial charge in [-0.25, -0.2) is 4.98 Å². The summed E-state index contributed by atoms with van der Waals surface area (Å²) in [5, 5.41) is 20.5. The summed E-state index contributed by atoms with van der Waals surface area (Å²) >= 11 is 3.42. The van der Waals surface area contributed by atoms with Gasteiger partial charge in [0.2, 0.25) is 0 Å². The number of phenolic OH excluding ortho intramolecular Hbond substituents is 1. The first-order valence-electron chi connectivity index (χ1n) is 8.60. The number of nitrogens with zero attached hydrogens (tertiary/aromatic N) is 3. The zero-order valence-corrected chi connectivity index (χ0v) is 16.4. The van der Waals surface area contributed by atoms with Crippen LogP contribution in [0.25, 0.3) is 33.4 Å². The number of aromatic nitrogens is 2. The first kappa shape index (κ1) is 17.3. The normalized spacial score (nSPS) is 12.1. The maximum absolute atomic E-state index is 13.2. The minimum Gasteiger partial charge on any atom is -0.507 e. The number of hydrogen-bond acceptors (Lipinski definition) is 6. The van der Waals surface area contributed by atoms with Crippen molar-refractivity contribution < 1.29 is 9.90 Å².